The van der Waals surface area contributed by atoms with Crippen molar-refractivity contribution < 1.29 is 14.3 Å². The van der Waals surface area contributed by atoms with Crippen LogP contribution in [-0.2, 0) is 4.74 Å². The summed E-state index contributed by atoms with van der Waals surface area (Å²) in [5, 5.41) is 1.84. The Bertz CT molecular complexity index is 1010. The second kappa shape index (κ2) is 7.97. The second-order valence-electron chi connectivity index (χ2n) is 7.55. The molecule has 3 nitrogen and oxygen atoms in total. The molecular weight excluding hydrogens is 348 g/mol. The van der Waals surface area contributed by atoms with Gasteiger partial charge in [0.1, 0.15) is 0 Å². The van der Waals surface area contributed by atoms with Crippen LogP contribution in [0.2, 0.25) is 0 Å². The topological polar surface area (TPSA) is 43.4 Å². The molecule has 1 aliphatic carbocycles. The zero-order chi connectivity index (χ0) is 19.5. The van der Waals surface area contributed by atoms with Crippen LogP contribution in [0.5, 0.6) is 0 Å². The number of fused-ring (bicyclic) bond motifs is 1. The fourth-order valence-corrected chi connectivity index (χ4v) is 4.14. The average molecular weight is 372 g/mol. The van der Waals surface area contributed by atoms with Gasteiger partial charge in [0, 0.05) is 11.1 Å². The Kier molecular flexibility index (Phi) is 5.25. The molecule has 0 atom stereocenters. The third-order valence-electron chi connectivity index (χ3n) is 5.77. The Morgan fingerprint density at radius 2 is 1.32 bits per heavy atom. The molecule has 4 rings (SSSR count). The van der Waals surface area contributed by atoms with Crippen LogP contribution in [0.3, 0.4) is 0 Å². The quantitative estimate of drug-likeness (QED) is 0.423. The SMILES string of the molecule is COC(=O)c1ccc2cc(C(=O)c3ccc(C4CCCCC4)cc3)ccc2c1. The van der Waals surface area contributed by atoms with E-state index in [1.807, 2.05) is 36.4 Å². The summed E-state index contributed by atoms with van der Waals surface area (Å²) in [5.74, 6) is 0.303. The van der Waals surface area contributed by atoms with E-state index < -0.39 is 0 Å². The predicted molar refractivity (Wildman–Crippen MR) is 111 cm³/mol. The summed E-state index contributed by atoms with van der Waals surface area (Å²) < 4.78 is 4.77. The molecule has 0 radical (unpaired) electrons. The summed E-state index contributed by atoms with van der Waals surface area (Å²) in [6.45, 7) is 0. The molecule has 0 amide bonds. The van der Waals surface area contributed by atoms with Gasteiger partial charge >= 0.3 is 5.97 Å². The summed E-state index contributed by atoms with van der Waals surface area (Å²) >= 11 is 0. The number of benzene rings is 3. The number of methoxy groups -OCH3 is 1. The largest absolute Gasteiger partial charge is 0.465 e. The number of esters is 1. The van der Waals surface area contributed by atoms with Gasteiger partial charge < -0.3 is 4.74 Å². The average Bonchev–Trinajstić information content (AvgIpc) is 2.78. The third kappa shape index (κ3) is 3.70. The minimum Gasteiger partial charge on any atom is -0.465 e. The molecule has 1 saturated carbocycles. The Morgan fingerprint density at radius 1 is 0.750 bits per heavy atom. The summed E-state index contributed by atoms with van der Waals surface area (Å²) in [6, 6.07) is 19.1. The molecule has 0 unspecified atom stereocenters. The maximum absolute atomic E-state index is 12.9. The van der Waals surface area contributed by atoms with Crippen molar-refractivity contribution in [2.75, 3.05) is 7.11 Å². The molecule has 1 aliphatic rings. The fraction of sp³-hybridized carbons (Fsp3) is 0.280. The van der Waals surface area contributed by atoms with Gasteiger partial charge in [-0.1, -0.05) is 61.7 Å². The minimum atomic E-state index is -0.361. The number of ketones is 1. The molecule has 3 aromatic carbocycles. The fourth-order valence-electron chi connectivity index (χ4n) is 4.14. The van der Waals surface area contributed by atoms with Crippen molar-refractivity contribution in [2.45, 2.75) is 38.0 Å². The molecule has 0 aromatic heterocycles. The van der Waals surface area contributed by atoms with Crippen LogP contribution >= 0.6 is 0 Å². The number of rotatable bonds is 4. The lowest BCUT2D eigenvalue weighted by molar-refractivity contribution is 0.0601. The Hall–Kier alpha value is -2.94. The summed E-state index contributed by atoms with van der Waals surface area (Å²) in [5.41, 5.74) is 3.23. The maximum Gasteiger partial charge on any atom is 0.337 e. The smallest absolute Gasteiger partial charge is 0.337 e. The first-order valence-electron chi connectivity index (χ1n) is 9.92. The molecule has 0 aliphatic heterocycles. The van der Waals surface area contributed by atoms with Crippen molar-refractivity contribution >= 4 is 22.5 Å². The Labute approximate surface area is 165 Å². The zero-order valence-corrected chi connectivity index (χ0v) is 16.1. The van der Waals surface area contributed by atoms with Gasteiger partial charge in [0.15, 0.2) is 5.78 Å². The van der Waals surface area contributed by atoms with Crippen LogP contribution in [-0.4, -0.2) is 18.9 Å². The number of carbonyl (C=O) groups excluding carboxylic acids is 2. The van der Waals surface area contributed by atoms with E-state index in [0.29, 0.717) is 22.6 Å². The van der Waals surface area contributed by atoms with Crippen molar-refractivity contribution in [3.63, 3.8) is 0 Å². The highest BCUT2D eigenvalue weighted by Crippen LogP contribution is 2.32. The second-order valence-corrected chi connectivity index (χ2v) is 7.55. The van der Waals surface area contributed by atoms with E-state index in [4.69, 9.17) is 4.74 Å². The molecular formula is C25H24O3. The molecule has 142 valence electrons. The molecule has 3 heteroatoms. The van der Waals surface area contributed by atoms with E-state index in [9.17, 15) is 9.59 Å². The van der Waals surface area contributed by atoms with Crippen molar-refractivity contribution in [2.24, 2.45) is 0 Å². The highest BCUT2D eigenvalue weighted by molar-refractivity contribution is 6.11. The number of hydrogen-bond acceptors (Lipinski definition) is 3. The standard InChI is InChI=1S/C25H24O3/c1-28-25(27)23-14-12-20-15-22(13-11-21(20)16-23)24(26)19-9-7-18(8-10-19)17-5-3-2-4-6-17/h7-17H,2-6H2,1H3. The van der Waals surface area contributed by atoms with E-state index in [2.05, 4.69) is 12.1 Å². The number of carbonyl (C=O) groups is 2. The molecule has 28 heavy (non-hydrogen) atoms. The highest BCUT2D eigenvalue weighted by atomic mass is 16.5. The van der Waals surface area contributed by atoms with Crippen LogP contribution in [0.4, 0.5) is 0 Å². The predicted octanol–water partition coefficient (Wildman–Crippen LogP) is 5.91. The summed E-state index contributed by atoms with van der Waals surface area (Å²) in [6.07, 6.45) is 6.47. The van der Waals surface area contributed by atoms with Gasteiger partial charge in [0.25, 0.3) is 0 Å². The van der Waals surface area contributed by atoms with Crippen LogP contribution in [0.15, 0.2) is 60.7 Å². The monoisotopic (exact) mass is 372 g/mol. The van der Waals surface area contributed by atoms with E-state index in [1.54, 1.807) is 12.1 Å². The summed E-state index contributed by atoms with van der Waals surface area (Å²) in [4.78, 5) is 24.6. The molecule has 1 fully saturated rings. The van der Waals surface area contributed by atoms with Crippen LogP contribution in [0.1, 0.15) is 69.9 Å². The number of hydrogen-bond donors (Lipinski definition) is 0. The van der Waals surface area contributed by atoms with E-state index in [1.165, 1.54) is 44.8 Å². The lowest BCUT2D eigenvalue weighted by Crippen LogP contribution is -2.06. The van der Waals surface area contributed by atoms with Gasteiger partial charge in [-0.15, -0.1) is 0 Å². The Morgan fingerprint density at radius 3 is 1.96 bits per heavy atom. The van der Waals surface area contributed by atoms with Gasteiger partial charge in [0.05, 0.1) is 12.7 Å². The van der Waals surface area contributed by atoms with Gasteiger partial charge in [-0.05, 0) is 53.3 Å². The molecule has 3 aromatic rings. The van der Waals surface area contributed by atoms with Gasteiger partial charge in [-0.2, -0.15) is 0 Å². The van der Waals surface area contributed by atoms with E-state index >= 15 is 0 Å². The van der Waals surface area contributed by atoms with Gasteiger partial charge in [-0.3, -0.25) is 4.79 Å². The third-order valence-corrected chi connectivity index (χ3v) is 5.77. The summed E-state index contributed by atoms with van der Waals surface area (Å²) in [7, 11) is 1.37. The van der Waals surface area contributed by atoms with Gasteiger partial charge in [0.2, 0.25) is 0 Å². The van der Waals surface area contributed by atoms with Gasteiger partial charge in [-0.25, -0.2) is 4.79 Å². The lowest BCUT2D eigenvalue weighted by atomic mass is 9.83. The van der Waals surface area contributed by atoms with Crippen molar-refractivity contribution in [1.82, 2.24) is 0 Å². The molecule has 0 saturated heterocycles. The van der Waals surface area contributed by atoms with E-state index in [0.717, 1.165) is 10.8 Å². The maximum atomic E-state index is 12.9. The first kappa shape index (κ1) is 18.4. The first-order chi connectivity index (χ1) is 13.7. The minimum absolute atomic E-state index is 0.0224. The first-order valence-corrected chi connectivity index (χ1v) is 9.92. The van der Waals surface area contributed by atoms with Crippen LogP contribution in [0, 0.1) is 0 Å². The van der Waals surface area contributed by atoms with Crippen LogP contribution < -0.4 is 0 Å². The zero-order valence-electron chi connectivity index (χ0n) is 16.1. The van der Waals surface area contributed by atoms with Crippen molar-refractivity contribution in [3.8, 4) is 0 Å². The molecule has 0 heterocycles. The molecule has 0 N–H and O–H groups in total. The number of ether oxygens (including phenoxy) is 1. The lowest BCUT2D eigenvalue weighted by Gasteiger charge is -2.22. The normalized spacial score (nSPS) is 14.8. The Balaban J connectivity index is 1.57. The highest BCUT2D eigenvalue weighted by Gasteiger charge is 2.16. The van der Waals surface area contributed by atoms with E-state index in [-0.39, 0.29) is 11.8 Å². The molecule has 0 bridgehead atoms. The van der Waals surface area contributed by atoms with Crippen molar-refractivity contribution in [3.05, 3.63) is 82.9 Å². The van der Waals surface area contributed by atoms with Crippen LogP contribution in [0.25, 0.3) is 10.8 Å². The molecule has 0 spiro atoms. The van der Waals surface area contributed by atoms with Crippen molar-refractivity contribution in [1.29, 1.82) is 0 Å².